The van der Waals surface area contributed by atoms with Crippen LogP contribution in [0.5, 0.6) is 0 Å². The first kappa shape index (κ1) is 14.0. The average molecular weight is 331 g/mol. The van der Waals surface area contributed by atoms with E-state index in [1.165, 1.54) is 6.33 Å². The first-order valence-corrected chi connectivity index (χ1v) is 6.80. The van der Waals surface area contributed by atoms with Crippen LogP contribution in [-0.4, -0.2) is 14.3 Å². The minimum atomic E-state index is -4.40. The Morgan fingerprint density at radius 2 is 1.95 bits per heavy atom. The molecule has 3 aromatic rings. The predicted molar refractivity (Wildman–Crippen MR) is 74.9 cm³/mol. The van der Waals surface area contributed by atoms with Gasteiger partial charge in [-0.1, -0.05) is 11.6 Å². The Balaban J connectivity index is 1.97. The van der Waals surface area contributed by atoms with E-state index >= 15 is 0 Å². The summed E-state index contributed by atoms with van der Waals surface area (Å²) in [6, 6.07) is 5.93. The standard InChI is InChI=1S/C12H6ClF3N4S/c13-6-1-2-7-8(3-6)17-5-18-11(7)19-10-4-9(21-20-10)12(14,15)16/h1-5H,(H,17,18,19,20). The van der Waals surface area contributed by atoms with Gasteiger partial charge in [-0.25, -0.2) is 9.97 Å². The number of fused-ring (bicyclic) bond motifs is 1. The lowest BCUT2D eigenvalue weighted by Crippen LogP contribution is -2.01. The van der Waals surface area contributed by atoms with Crippen molar-refractivity contribution < 1.29 is 13.2 Å². The molecule has 0 radical (unpaired) electrons. The summed E-state index contributed by atoms with van der Waals surface area (Å²) in [7, 11) is 0. The van der Waals surface area contributed by atoms with Crippen LogP contribution in [0.3, 0.4) is 0 Å². The lowest BCUT2D eigenvalue weighted by Gasteiger charge is -2.05. The number of benzene rings is 1. The molecule has 0 amide bonds. The number of rotatable bonds is 2. The first-order valence-electron chi connectivity index (χ1n) is 5.65. The summed E-state index contributed by atoms with van der Waals surface area (Å²) < 4.78 is 41.3. The van der Waals surface area contributed by atoms with Crippen molar-refractivity contribution in [3.8, 4) is 0 Å². The third kappa shape index (κ3) is 2.91. The summed E-state index contributed by atoms with van der Waals surface area (Å²) in [4.78, 5) is 7.30. The Morgan fingerprint density at radius 1 is 1.14 bits per heavy atom. The highest BCUT2D eigenvalue weighted by Crippen LogP contribution is 2.35. The smallest absolute Gasteiger partial charge is 0.323 e. The molecule has 0 saturated carbocycles. The normalized spacial score (nSPS) is 11.8. The molecule has 1 N–H and O–H groups in total. The highest BCUT2D eigenvalue weighted by Gasteiger charge is 2.33. The van der Waals surface area contributed by atoms with Crippen LogP contribution < -0.4 is 5.32 Å². The Bertz CT molecular complexity index is 803. The van der Waals surface area contributed by atoms with E-state index in [4.69, 9.17) is 11.6 Å². The van der Waals surface area contributed by atoms with Crippen LogP contribution in [-0.2, 0) is 6.18 Å². The average Bonchev–Trinajstić information content (AvgIpc) is 2.87. The molecule has 3 rings (SSSR count). The predicted octanol–water partition coefficient (Wildman–Crippen LogP) is 4.50. The van der Waals surface area contributed by atoms with E-state index in [2.05, 4.69) is 19.7 Å². The van der Waals surface area contributed by atoms with E-state index in [1.807, 2.05) is 0 Å². The van der Waals surface area contributed by atoms with Gasteiger partial charge in [0, 0.05) is 16.5 Å². The number of hydrogen-bond donors (Lipinski definition) is 1. The topological polar surface area (TPSA) is 50.7 Å². The Morgan fingerprint density at radius 3 is 2.67 bits per heavy atom. The number of aromatic nitrogens is 3. The first-order chi connectivity index (χ1) is 9.93. The minimum Gasteiger partial charge on any atom is -0.323 e. The molecular formula is C12H6ClF3N4S. The second-order valence-electron chi connectivity index (χ2n) is 4.08. The lowest BCUT2D eigenvalue weighted by atomic mass is 10.2. The van der Waals surface area contributed by atoms with E-state index in [0.717, 1.165) is 6.07 Å². The highest BCUT2D eigenvalue weighted by atomic mass is 35.5. The fourth-order valence-electron chi connectivity index (χ4n) is 1.72. The number of alkyl halides is 3. The van der Waals surface area contributed by atoms with Gasteiger partial charge in [0.25, 0.3) is 0 Å². The number of halogens is 4. The fraction of sp³-hybridized carbons (Fsp3) is 0.0833. The molecule has 21 heavy (non-hydrogen) atoms. The molecule has 108 valence electrons. The number of hydrogen-bond acceptors (Lipinski definition) is 5. The van der Waals surface area contributed by atoms with Crippen molar-refractivity contribution in [1.29, 1.82) is 0 Å². The van der Waals surface area contributed by atoms with Crippen molar-refractivity contribution in [2.75, 3.05) is 5.32 Å². The Hall–Kier alpha value is -1.93. The third-order valence-electron chi connectivity index (χ3n) is 2.63. The van der Waals surface area contributed by atoms with Crippen LogP contribution in [0.15, 0.2) is 30.6 Å². The van der Waals surface area contributed by atoms with Gasteiger partial charge in [-0.05, 0) is 29.7 Å². The van der Waals surface area contributed by atoms with Crippen LogP contribution in [0.1, 0.15) is 4.88 Å². The van der Waals surface area contributed by atoms with E-state index in [9.17, 15) is 13.2 Å². The molecule has 0 aliphatic heterocycles. The van der Waals surface area contributed by atoms with Gasteiger partial charge in [0.05, 0.1) is 5.52 Å². The molecule has 0 atom stereocenters. The molecule has 4 nitrogen and oxygen atoms in total. The molecule has 0 saturated heterocycles. The summed E-state index contributed by atoms with van der Waals surface area (Å²) in [6.45, 7) is 0. The maximum Gasteiger partial charge on any atom is 0.427 e. The monoisotopic (exact) mass is 330 g/mol. The van der Waals surface area contributed by atoms with Gasteiger partial charge in [-0.3, -0.25) is 0 Å². The van der Waals surface area contributed by atoms with Gasteiger partial charge in [0.1, 0.15) is 22.8 Å². The van der Waals surface area contributed by atoms with Gasteiger partial charge in [-0.15, -0.1) is 0 Å². The molecule has 0 unspecified atom stereocenters. The van der Waals surface area contributed by atoms with Gasteiger partial charge in [0.15, 0.2) is 0 Å². The Labute approximate surface area is 125 Å². The molecule has 2 heterocycles. The lowest BCUT2D eigenvalue weighted by molar-refractivity contribution is -0.134. The van der Waals surface area contributed by atoms with Gasteiger partial charge < -0.3 is 5.32 Å². The Kier molecular flexibility index (Phi) is 3.42. The molecular weight excluding hydrogens is 325 g/mol. The molecule has 9 heteroatoms. The summed E-state index contributed by atoms with van der Waals surface area (Å²) in [5, 5.41) is 3.92. The summed E-state index contributed by atoms with van der Waals surface area (Å²) in [5.41, 5.74) is 0.589. The van der Waals surface area contributed by atoms with E-state index in [0.29, 0.717) is 33.3 Å². The molecule has 0 fully saturated rings. The minimum absolute atomic E-state index is 0.0854. The van der Waals surface area contributed by atoms with Crippen molar-refractivity contribution in [3.63, 3.8) is 0 Å². The van der Waals surface area contributed by atoms with Crippen molar-refractivity contribution in [2.24, 2.45) is 0 Å². The van der Waals surface area contributed by atoms with Crippen molar-refractivity contribution in [2.45, 2.75) is 6.18 Å². The fourth-order valence-corrected chi connectivity index (χ4v) is 2.45. The molecule has 0 aliphatic carbocycles. The van der Waals surface area contributed by atoms with E-state index in [-0.39, 0.29) is 5.82 Å². The van der Waals surface area contributed by atoms with Crippen molar-refractivity contribution in [1.82, 2.24) is 14.3 Å². The second-order valence-corrected chi connectivity index (χ2v) is 5.32. The molecule has 0 aliphatic rings. The SMILES string of the molecule is FC(F)(F)c1cc(Nc2ncnc3cc(Cl)ccc23)ns1. The molecule has 0 spiro atoms. The zero-order chi connectivity index (χ0) is 15.0. The maximum absolute atomic E-state index is 12.5. The van der Waals surface area contributed by atoms with Crippen LogP contribution in [0, 0.1) is 0 Å². The zero-order valence-corrected chi connectivity index (χ0v) is 11.7. The van der Waals surface area contributed by atoms with E-state index < -0.39 is 11.1 Å². The number of nitrogens with zero attached hydrogens (tertiary/aromatic N) is 3. The summed E-state index contributed by atoms with van der Waals surface area (Å²) >= 11 is 6.25. The van der Waals surface area contributed by atoms with Crippen molar-refractivity contribution in [3.05, 3.63) is 40.5 Å². The van der Waals surface area contributed by atoms with Gasteiger partial charge in [0.2, 0.25) is 0 Å². The molecule has 1 aromatic carbocycles. The summed E-state index contributed by atoms with van der Waals surface area (Å²) in [5.74, 6) is 0.456. The third-order valence-corrected chi connectivity index (χ3v) is 3.70. The second kappa shape index (κ2) is 5.12. The number of anilines is 2. The molecule has 0 bridgehead atoms. The van der Waals surface area contributed by atoms with Gasteiger partial charge in [-0.2, -0.15) is 17.5 Å². The number of nitrogens with one attached hydrogen (secondary N) is 1. The van der Waals surface area contributed by atoms with Crippen LogP contribution in [0.2, 0.25) is 5.02 Å². The molecule has 2 aromatic heterocycles. The van der Waals surface area contributed by atoms with E-state index in [1.54, 1.807) is 18.2 Å². The van der Waals surface area contributed by atoms with Crippen LogP contribution >= 0.6 is 23.1 Å². The zero-order valence-electron chi connectivity index (χ0n) is 10.1. The van der Waals surface area contributed by atoms with Crippen molar-refractivity contribution >= 4 is 45.7 Å². The maximum atomic E-state index is 12.5. The van der Waals surface area contributed by atoms with Crippen LogP contribution in [0.25, 0.3) is 10.9 Å². The quantitative estimate of drug-likeness (QED) is 0.751. The largest absolute Gasteiger partial charge is 0.427 e. The van der Waals surface area contributed by atoms with Gasteiger partial charge >= 0.3 is 6.18 Å². The highest BCUT2D eigenvalue weighted by molar-refractivity contribution is 7.06. The van der Waals surface area contributed by atoms with Crippen LogP contribution in [0.4, 0.5) is 24.8 Å². The summed E-state index contributed by atoms with van der Waals surface area (Å²) in [6.07, 6.45) is -3.10.